The number of aromatic nitrogens is 4. The minimum Gasteiger partial charge on any atom is -0.324 e. The molecule has 1 saturated heterocycles. The van der Waals surface area contributed by atoms with Crippen molar-refractivity contribution in [2.24, 2.45) is 5.92 Å². The van der Waals surface area contributed by atoms with E-state index in [0.29, 0.717) is 28.9 Å². The van der Waals surface area contributed by atoms with Gasteiger partial charge in [-0.25, -0.2) is 19.9 Å². The first kappa shape index (κ1) is 30.1. The lowest BCUT2D eigenvalue weighted by atomic mass is 10.0. The third-order valence-corrected chi connectivity index (χ3v) is 7.32. The minimum absolute atomic E-state index is 0.0702. The molecule has 0 spiro atoms. The maximum atomic E-state index is 14.1. The molecule has 2 aromatic carbocycles. The largest absolute Gasteiger partial charge is 0.416 e. The van der Waals surface area contributed by atoms with Crippen LogP contribution in [0.25, 0.3) is 11.3 Å². The number of carbonyl (C=O) groups excluding carboxylic acids is 1. The quantitative estimate of drug-likeness (QED) is 0.259. The first-order valence-corrected chi connectivity index (χ1v) is 13.9. The summed E-state index contributed by atoms with van der Waals surface area (Å²) in [6.07, 6.45) is 2.69. The van der Waals surface area contributed by atoms with E-state index in [1.807, 2.05) is 25.9 Å². The van der Waals surface area contributed by atoms with E-state index in [1.165, 1.54) is 18.5 Å². The van der Waals surface area contributed by atoms with Gasteiger partial charge in [0.25, 0.3) is 5.91 Å². The fourth-order valence-corrected chi connectivity index (χ4v) is 5.25. The number of anilines is 3. The van der Waals surface area contributed by atoms with Crippen LogP contribution < -0.4 is 10.6 Å². The Kier molecular flexibility index (Phi) is 8.97. The Hall–Kier alpha value is -4.42. The molecule has 9 nitrogen and oxygen atoms in total. The van der Waals surface area contributed by atoms with Crippen LogP contribution in [0, 0.1) is 12.8 Å². The van der Waals surface area contributed by atoms with E-state index in [1.54, 1.807) is 42.9 Å². The number of alkyl halides is 3. The van der Waals surface area contributed by atoms with Crippen molar-refractivity contribution >= 4 is 23.2 Å². The van der Waals surface area contributed by atoms with Gasteiger partial charge in [0.1, 0.15) is 6.33 Å². The summed E-state index contributed by atoms with van der Waals surface area (Å²) < 4.78 is 42.3. The molecule has 0 aliphatic carbocycles. The molecular formula is C31H33F3N8O. The second-order valence-electron chi connectivity index (χ2n) is 11.0. The zero-order valence-electron chi connectivity index (χ0n) is 24.2. The molecule has 2 aromatic heterocycles. The van der Waals surface area contributed by atoms with Crippen molar-refractivity contribution in [3.05, 3.63) is 89.6 Å². The van der Waals surface area contributed by atoms with Crippen LogP contribution in [0.4, 0.5) is 30.5 Å². The van der Waals surface area contributed by atoms with E-state index >= 15 is 0 Å². The van der Waals surface area contributed by atoms with Crippen molar-refractivity contribution in [3.8, 4) is 11.3 Å². The number of likely N-dealkylation sites (tertiary alicyclic amines) is 1. The van der Waals surface area contributed by atoms with Crippen LogP contribution in [0.1, 0.15) is 33.5 Å². The fourth-order valence-electron chi connectivity index (χ4n) is 5.25. The van der Waals surface area contributed by atoms with Gasteiger partial charge in [-0.3, -0.25) is 9.69 Å². The van der Waals surface area contributed by atoms with Crippen LogP contribution in [0.5, 0.6) is 0 Å². The second-order valence-corrected chi connectivity index (χ2v) is 11.0. The van der Waals surface area contributed by atoms with Crippen molar-refractivity contribution < 1.29 is 18.0 Å². The molecule has 0 unspecified atom stereocenters. The molecule has 0 saturated carbocycles. The van der Waals surface area contributed by atoms with Crippen molar-refractivity contribution in [2.45, 2.75) is 26.1 Å². The summed E-state index contributed by atoms with van der Waals surface area (Å²) in [5.74, 6) is 0.114. The van der Waals surface area contributed by atoms with Crippen LogP contribution in [-0.4, -0.2) is 69.4 Å². The van der Waals surface area contributed by atoms with Crippen molar-refractivity contribution in [2.75, 3.05) is 44.4 Å². The predicted octanol–water partition coefficient (Wildman–Crippen LogP) is 5.64. The Labute approximate surface area is 248 Å². The molecular weight excluding hydrogens is 557 g/mol. The normalized spacial score (nSPS) is 15.6. The number of benzene rings is 2. The lowest BCUT2D eigenvalue weighted by Gasteiger charge is -2.21. The maximum absolute atomic E-state index is 14.1. The molecule has 1 aliphatic heterocycles. The molecule has 1 atom stereocenters. The SMILES string of the molecule is Cc1ccc(NC(=O)c2ccc(CN3CC[C@H](CN(C)C)C3)c(C(F)(F)F)c2)cc1Nc1nccc(-c2cncnc2)n1. The third kappa shape index (κ3) is 7.70. The van der Waals surface area contributed by atoms with Gasteiger partial charge in [0.05, 0.1) is 11.3 Å². The predicted molar refractivity (Wildman–Crippen MR) is 159 cm³/mol. The Morgan fingerprint density at radius 2 is 1.88 bits per heavy atom. The van der Waals surface area contributed by atoms with E-state index in [-0.39, 0.29) is 17.7 Å². The van der Waals surface area contributed by atoms with Crippen LogP contribution in [0.3, 0.4) is 0 Å². The first-order valence-electron chi connectivity index (χ1n) is 13.9. The molecule has 2 N–H and O–H groups in total. The van der Waals surface area contributed by atoms with Gasteiger partial charge in [-0.2, -0.15) is 13.2 Å². The number of amides is 1. The summed E-state index contributed by atoms with van der Waals surface area (Å²) in [4.78, 5) is 34.1. The van der Waals surface area contributed by atoms with Gasteiger partial charge in [-0.1, -0.05) is 12.1 Å². The maximum Gasteiger partial charge on any atom is 0.416 e. The van der Waals surface area contributed by atoms with Gasteiger partial charge >= 0.3 is 6.18 Å². The summed E-state index contributed by atoms with van der Waals surface area (Å²) in [5, 5.41) is 5.87. The van der Waals surface area contributed by atoms with Crippen molar-refractivity contribution in [1.82, 2.24) is 29.7 Å². The first-order chi connectivity index (χ1) is 20.5. The summed E-state index contributed by atoms with van der Waals surface area (Å²) in [6, 6.07) is 10.7. The van der Waals surface area contributed by atoms with Gasteiger partial charge < -0.3 is 15.5 Å². The van der Waals surface area contributed by atoms with Gasteiger partial charge in [0.2, 0.25) is 5.95 Å². The highest BCUT2D eigenvalue weighted by Crippen LogP contribution is 2.34. The number of aryl methyl sites for hydroxylation is 1. The molecule has 1 fully saturated rings. The molecule has 224 valence electrons. The Morgan fingerprint density at radius 3 is 2.63 bits per heavy atom. The van der Waals surface area contributed by atoms with E-state index in [0.717, 1.165) is 43.2 Å². The van der Waals surface area contributed by atoms with E-state index < -0.39 is 17.6 Å². The summed E-state index contributed by atoms with van der Waals surface area (Å²) in [7, 11) is 4.00. The average molecular weight is 591 g/mol. The topological polar surface area (TPSA) is 99.2 Å². The fraction of sp³-hybridized carbons (Fsp3) is 0.323. The molecule has 5 rings (SSSR count). The number of halogens is 3. The highest BCUT2D eigenvalue weighted by molar-refractivity contribution is 6.04. The zero-order chi connectivity index (χ0) is 30.6. The third-order valence-electron chi connectivity index (χ3n) is 7.32. The number of nitrogens with one attached hydrogen (secondary N) is 2. The second kappa shape index (κ2) is 12.8. The molecule has 12 heteroatoms. The zero-order valence-corrected chi connectivity index (χ0v) is 24.2. The molecule has 0 bridgehead atoms. The lowest BCUT2D eigenvalue weighted by molar-refractivity contribution is -0.138. The smallest absolute Gasteiger partial charge is 0.324 e. The van der Waals surface area contributed by atoms with Crippen molar-refractivity contribution in [3.63, 3.8) is 0 Å². The summed E-state index contributed by atoms with van der Waals surface area (Å²) in [5.41, 5.74) is 2.55. The Morgan fingerprint density at radius 1 is 1.09 bits per heavy atom. The van der Waals surface area contributed by atoms with Crippen LogP contribution in [0.15, 0.2) is 67.4 Å². The van der Waals surface area contributed by atoms with Crippen molar-refractivity contribution in [1.29, 1.82) is 0 Å². The standard InChI is InChI=1S/C31H33F3N8O/c1-20-4-7-25(13-28(20)40-30-37-10-8-27(39-30)24-14-35-19-36-15-24)38-29(43)22-5-6-23(26(12-22)31(32,33)34)18-42-11-9-21(17-42)16-41(2)3/h4-8,10,12-15,19,21H,9,11,16-18H2,1-3H3,(H,38,43)(H,37,39,40)/t21-/m1/s1. The molecule has 1 aliphatic rings. The van der Waals surface area contributed by atoms with Gasteiger partial charge in [-0.15, -0.1) is 0 Å². The van der Waals surface area contributed by atoms with Crippen LogP contribution >= 0.6 is 0 Å². The minimum atomic E-state index is -4.59. The average Bonchev–Trinajstić information content (AvgIpc) is 3.41. The van der Waals surface area contributed by atoms with Crippen LogP contribution in [0.2, 0.25) is 0 Å². The van der Waals surface area contributed by atoms with Gasteiger partial charge in [0, 0.05) is 60.7 Å². The summed E-state index contributed by atoms with van der Waals surface area (Å²) in [6.45, 7) is 4.46. The molecule has 43 heavy (non-hydrogen) atoms. The molecule has 4 aromatic rings. The number of rotatable bonds is 9. The van der Waals surface area contributed by atoms with E-state index in [4.69, 9.17) is 0 Å². The highest BCUT2D eigenvalue weighted by atomic mass is 19.4. The van der Waals surface area contributed by atoms with Gasteiger partial charge in [0.15, 0.2) is 0 Å². The number of hydrogen-bond acceptors (Lipinski definition) is 8. The number of carbonyl (C=O) groups is 1. The lowest BCUT2D eigenvalue weighted by Crippen LogP contribution is -2.26. The summed E-state index contributed by atoms with van der Waals surface area (Å²) >= 11 is 0. The number of hydrogen-bond donors (Lipinski definition) is 2. The monoisotopic (exact) mass is 590 g/mol. The van der Waals surface area contributed by atoms with E-state index in [9.17, 15) is 18.0 Å². The van der Waals surface area contributed by atoms with Gasteiger partial charge in [-0.05, 0) is 81.4 Å². The molecule has 3 heterocycles. The highest BCUT2D eigenvalue weighted by Gasteiger charge is 2.35. The Balaban J connectivity index is 1.30. The molecule has 1 amide bonds. The van der Waals surface area contributed by atoms with E-state index in [2.05, 4.69) is 35.5 Å². The Bertz CT molecular complexity index is 1580. The number of nitrogens with zero attached hydrogens (tertiary/aromatic N) is 6. The molecule has 0 radical (unpaired) electrons. The van der Waals surface area contributed by atoms with Crippen LogP contribution in [-0.2, 0) is 12.7 Å².